The molecule has 1 heterocycles. The van der Waals surface area contributed by atoms with Crippen molar-refractivity contribution in [3.8, 4) is 0 Å². The molecule has 1 aliphatic carbocycles. The summed E-state index contributed by atoms with van der Waals surface area (Å²) in [6, 6.07) is 0.417. The summed E-state index contributed by atoms with van der Waals surface area (Å²) in [5, 5.41) is 1.46. The summed E-state index contributed by atoms with van der Waals surface area (Å²) in [6.45, 7) is 6.67. The Morgan fingerprint density at radius 2 is 1.88 bits per heavy atom. The van der Waals surface area contributed by atoms with Crippen LogP contribution in [0.2, 0.25) is 0 Å². The van der Waals surface area contributed by atoms with Crippen LogP contribution in [0.3, 0.4) is 0 Å². The van der Waals surface area contributed by atoms with Crippen molar-refractivity contribution in [1.82, 2.24) is 0 Å². The van der Waals surface area contributed by atoms with Crippen molar-refractivity contribution < 1.29 is 4.74 Å². The van der Waals surface area contributed by atoms with E-state index in [1.165, 1.54) is 32.1 Å². The van der Waals surface area contributed by atoms with Gasteiger partial charge in [-0.3, -0.25) is 0 Å². The maximum Gasteiger partial charge on any atom is 0.0476 e. The zero-order valence-corrected chi connectivity index (χ0v) is 11.4. The number of hydrogen-bond donors (Lipinski definition) is 1. The molecule has 0 spiro atoms. The van der Waals surface area contributed by atoms with Crippen molar-refractivity contribution >= 4 is 11.8 Å². The summed E-state index contributed by atoms with van der Waals surface area (Å²) in [5.41, 5.74) is 6.76. The van der Waals surface area contributed by atoms with Gasteiger partial charge in [0.1, 0.15) is 0 Å². The molecular weight excluding hydrogens is 218 g/mol. The summed E-state index contributed by atoms with van der Waals surface area (Å²) in [5.74, 6) is 0. The maximum absolute atomic E-state index is 6.27. The van der Waals surface area contributed by atoms with Crippen molar-refractivity contribution in [2.75, 3.05) is 13.2 Å². The van der Waals surface area contributed by atoms with Crippen molar-refractivity contribution in [1.29, 1.82) is 0 Å². The zero-order chi connectivity index (χ0) is 11.6. The Balaban J connectivity index is 1.86. The molecule has 0 aromatic heterocycles. The average Bonchev–Trinajstić information content (AvgIpc) is 2.25. The van der Waals surface area contributed by atoms with Gasteiger partial charge < -0.3 is 10.5 Å². The molecule has 0 bridgehead atoms. The van der Waals surface area contributed by atoms with Gasteiger partial charge in [0, 0.05) is 29.8 Å². The molecule has 1 aliphatic heterocycles. The van der Waals surface area contributed by atoms with Crippen LogP contribution in [-0.4, -0.2) is 29.8 Å². The average molecular weight is 243 g/mol. The van der Waals surface area contributed by atoms with Gasteiger partial charge in [-0.15, -0.1) is 0 Å². The molecule has 3 heteroatoms. The minimum atomic E-state index is 0.417. The maximum atomic E-state index is 6.27. The molecule has 94 valence electrons. The Kier molecular flexibility index (Phi) is 4.20. The predicted octanol–water partition coefficient (Wildman–Crippen LogP) is 2.80. The van der Waals surface area contributed by atoms with Crippen molar-refractivity contribution in [3.05, 3.63) is 0 Å². The summed E-state index contributed by atoms with van der Waals surface area (Å²) < 4.78 is 5.41. The Labute approximate surface area is 104 Å². The Hall–Kier alpha value is 0.270. The first-order chi connectivity index (χ1) is 7.57. The number of nitrogens with two attached hydrogens (primary N) is 1. The monoisotopic (exact) mass is 243 g/mol. The summed E-state index contributed by atoms with van der Waals surface area (Å²) in [4.78, 5) is 0. The third kappa shape index (κ3) is 3.38. The quantitative estimate of drug-likeness (QED) is 0.810. The van der Waals surface area contributed by atoms with Gasteiger partial charge in [0.15, 0.2) is 0 Å². The number of rotatable bonds is 2. The van der Waals surface area contributed by atoms with Crippen LogP contribution in [0, 0.1) is 5.41 Å². The lowest BCUT2D eigenvalue weighted by molar-refractivity contribution is 0.0997. The fraction of sp³-hybridized carbons (Fsp3) is 1.00. The van der Waals surface area contributed by atoms with Gasteiger partial charge in [-0.2, -0.15) is 11.8 Å². The number of ether oxygens (including phenoxy) is 1. The molecule has 0 aromatic rings. The van der Waals surface area contributed by atoms with E-state index in [0.717, 1.165) is 18.5 Å². The first-order valence-corrected chi connectivity index (χ1v) is 7.50. The van der Waals surface area contributed by atoms with E-state index in [1.54, 1.807) is 0 Å². The third-order valence-electron chi connectivity index (χ3n) is 3.92. The van der Waals surface area contributed by atoms with Gasteiger partial charge in [0.2, 0.25) is 0 Å². The van der Waals surface area contributed by atoms with Gasteiger partial charge in [-0.1, -0.05) is 13.8 Å². The Morgan fingerprint density at radius 1 is 1.19 bits per heavy atom. The molecule has 16 heavy (non-hydrogen) atoms. The van der Waals surface area contributed by atoms with Gasteiger partial charge in [-0.05, 0) is 37.5 Å². The van der Waals surface area contributed by atoms with Gasteiger partial charge in [-0.25, -0.2) is 0 Å². The molecule has 0 radical (unpaired) electrons. The Morgan fingerprint density at radius 3 is 2.56 bits per heavy atom. The van der Waals surface area contributed by atoms with E-state index in [2.05, 4.69) is 25.6 Å². The SMILES string of the molecule is CC1(C)CCC(N)C(SC2CCOCC2)C1. The second-order valence-corrected chi connectivity index (χ2v) is 7.60. The molecule has 1 saturated heterocycles. The zero-order valence-electron chi connectivity index (χ0n) is 10.6. The highest BCUT2D eigenvalue weighted by atomic mass is 32.2. The smallest absolute Gasteiger partial charge is 0.0476 e. The van der Waals surface area contributed by atoms with Crippen molar-refractivity contribution in [2.24, 2.45) is 11.1 Å². The molecular formula is C13H25NOS. The van der Waals surface area contributed by atoms with Crippen LogP contribution in [0.25, 0.3) is 0 Å². The summed E-state index contributed by atoms with van der Waals surface area (Å²) in [6.07, 6.45) is 6.21. The molecule has 2 aliphatic rings. The lowest BCUT2D eigenvalue weighted by Crippen LogP contribution is -2.42. The lowest BCUT2D eigenvalue weighted by Gasteiger charge is -2.40. The number of thioether (sulfide) groups is 1. The minimum Gasteiger partial charge on any atom is -0.381 e. The molecule has 2 rings (SSSR count). The van der Waals surface area contributed by atoms with E-state index in [1.807, 2.05) is 0 Å². The van der Waals surface area contributed by atoms with Crippen LogP contribution in [0.4, 0.5) is 0 Å². The first-order valence-electron chi connectivity index (χ1n) is 6.56. The van der Waals surface area contributed by atoms with Crippen molar-refractivity contribution in [3.63, 3.8) is 0 Å². The highest BCUT2D eigenvalue weighted by Crippen LogP contribution is 2.42. The van der Waals surface area contributed by atoms with E-state index >= 15 is 0 Å². The van der Waals surface area contributed by atoms with E-state index < -0.39 is 0 Å². The lowest BCUT2D eigenvalue weighted by atomic mass is 9.75. The van der Waals surface area contributed by atoms with Crippen LogP contribution < -0.4 is 5.73 Å². The standard InChI is InChI=1S/C13H25NOS/c1-13(2)6-3-11(14)12(9-13)16-10-4-7-15-8-5-10/h10-12H,3-9,14H2,1-2H3. The van der Waals surface area contributed by atoms with Crippen LogP contribution in [0.5, 0.6) is 0 Å². The van der Waals surface area contributed by atoms with Gasteiger partial charge in [0.25, 0.3) is 0 Å². The van der Waals surface area contributed by atoms with Crippen LogP contribution in [-0.2, 0) is 4.74 Å². The highest BCUT2D eigenvalue weighted by molar-refractivity contribution is 8.00. The minimum absolute atomic E-state index is 0.417. The third-order valence-corrected chi connectivity index (χ3v) is 5.64. The fourth-order valence-corrected chi connectivity index (χ4v) is 4.59. The first kappa shape index (κ1) is 12.7. The second kappa shape index (κ2) is 5.28. The summed E-state index contributed by atoms with van der Waals surface area (Å²) >= 11 is 2.15. The Bertz CT molecular complexity index is 226. The van der Waals surface area contributed by atoms with Gasteiger partial charge >= 0.3 is 0 Å². The normalized spacial score (nSPS) is 36.2. The fourth-order valence-electron chi connectivity index (χ4n) is 2.75. The van der Waals surface area contributed by atoms with Crippen molar-refractivity contribution in [2.45, 2.75) is 62.5 Å². The topological polar surface area (TPSA) is 35.2 Å². The molecule has 2 fully saturated rings. The summed E-state index contributed by atoms with van der Waals surface area (Å²) in [7, 11) is 0. The van der Waals surface area contributed by atoms with Gasteiger partial charge in [0.05, 0.1) is 0 Å². The van der Waals surface area contributed by atoms with E-state index in [0.29, 0.717) is 16.7 Å². The molecule has 2 atom stereocenters. The largest absolute Gasteiger partial charge is 0.381 e. The highest BCUT2D eigenvalue weighted by Gasteiger charge is 2.34. The van der Waals surface area contributed by atoms with E-state index in [-0.39, 0.29) is 0 Å². The van der Waals surface area contributed by atoms with Crippen LogP contribution >= 0.6 is 11.8 Å². The molecule has 0 amide bonds. The van der Waals surface area contributed by atoms with Crippen LogP contribution in [0.15, 0.2) is 0 Å². The molecule has 2 unspecified atom stereocenters. The molecule has 0 aromatic carbocycles. The predicted molar refractivity (Wildman–Crippen MR) is 70.8 cm³/mol. The van der Waals surface area contributed by atoms with Crippen LogP contribution in [0.1, 0.15) is 46.0 Å². The number of hydrogen-bond acceptors (Lipinski definition) is 3. The molecule has 2 nitrogen and oxygen atoms in total. The second-order valence-electron chi connectivity index (χ2n) is 6.06. The molecule has 1 saturated carbocycles. The van der Waals surface area contributed by atoms with E-state index in [4.69, 9.17) is 10.5 Å². The molecule has 2 N–H and O–H groups in total. The van der Waals surface area contributed by atoms with E-state index in [9.17, 15) is 0 Å².